The van der Waals surface area contributed by atoms with E-state index in [1.165, 1.54) is 6.07 Å². The van der Waals surface area contributed by atoms with Crippen LogP contribution >= 0.6 is 0 Å². The summed E-state index contributed by atoms with van der Waals surface area (Å²) in [4.78, 5) is 21.8. The van der Waals surface area contributed by atoms with Crippen molar-refractivity contribution in [3.8, 4) is 5.88 Å². The minimum atomic E-state index is -0.289. The molecule has 1 aromatic rings. The van der Waals surface area contributed by atoms with E-state index in [0.717, 1.165) is 4.57 Å². The zero-order valence-corrected chi connectivity index (χ0v) is 7.57. The van der Waals surface area contributed by atoms with Crippen molar-refractivity contribution in [1.82, 2.24) is 4.57 Å². The summed E-state index contributed by atoms with van der Waals surface area (Å²) >= 11 is 0. The summed E-state index contributed by atoms with van der Waals surface area (Å²) < 4.78 is 1.15. The molecule has 0 unspecified atom stereocenters. The van der Waals surface area contributed by atoms with Gasteiger partial charge in [0.05, 0.1) is 5.56 Å². The first-order valence-corrected chi connectivity index (χ1v) is 4.00. The highest BCUT2D eigenvalue weighted by Crippen LogP contribution is 2.15. The summed E-state index contributed by atoms with van der Waals surface area (Å²) in [5, 5.41) is 9.48. The number of carbonyl (C=O) groups excluding carboxylic acids is 1. The fourth-order valence-electron chi connectivity index (χ4n) is 1.22. The molecule has 0 radical (unpaired) electrons. The van der Waals surface area contributed by atoms with E-state index in [4.69, 9.17) is 0 Å². The second-order valence-electron chi connectivity index (χ2n) is 2.76. The summed E-state index contributed by atoms with van der Waals surface area (Å²) in [6.45, 7) is 3.70. The minimum Gasteiger partial charge on any atom is -0.494 e. The van der Waals surface area contributed by atoms with Gasteiger partial charge in [0.1, 0.15) is 0 Å². The van der Waals surface area contributed by atoms with E-state index >= 15 is 0 Å². The van der Waals surface area contributed by atoms with E-state index in [-0.39, 0.29) is 17.0 Å². The molecule has 0 amide bonds. The molecule has 0 saturated carbocycles. The number of carbonyl (C=O) groups is 1. The molecule has 0 atom stereocenters. The molecule has 0 aliphatic rings. The van der Waals surface area contributed by atoms with Gasteiger partial charge in [-0.25, -0.2) is 0 Å². The highest BCUT2D eigenvalue weighted by atomic mass is 16.3. The van der Waals surface area contributed by atoms with Crippen LogP contribution in [0.3, 0.4) is 0 Å². The number of hydrogen-bond acceptors (Lipinski definition) is 3. The van der Waals surface area contributed by atoms with Crippen molar-refractivity contribution in [2.75, 3.05) is 0 Å². The number of nitrogens with zero attached hydrogens (tertiary/aromatic N) is 1. The topological polar surface area (TPSA) is 59.3 Å². The maximum absolute atomic E-state index is 11.2. The second kappa shape index (κ2) is 3.43. The number of pyridine rings is 1. The van der Waals surface area contributed by atoms with Crippen molar-refractivity contribution in [1.29, 1.82) is 0 Å². The predicted molar refractivity (Wildman–Crippen MR) is 48.2 cm³/mol. The Morgan fingerprint density at radius 3 is 2.69 bits per heavy atom. The van der Waals surface area contributed by atoms with E-state index in [0.29, 0.717) is 18.4 Å². The number of aldehydes is 1. The molecule has 0 bridgehead atoms. The zero-order valence-electron chi connectivity index (χ0n) is 7.57. The molecule has 1 rings (SSSR count). The Balaban J connectivity index is 3.57. The third-order valence-electron chi connectivity index (χ3n) is 1.96. The van der Waals surface area contributed by atoms with Crippen molar-refractivity contribution < 1.29 is 9.90 Å². The van der Waals surface area contributed by atoms with Crippen LogP contribution in [0.1, 0.15) is 22.8 Å². The molecule has 4 heteroatoms. The van der Waals surface area contributed by atoms with Crippen molar-refractivity contribution in [2.24, 2.45) is 0 Å². The standard InChI is InChI=1S/C9H11NO3/c1-3-10-8(12)4-6(2)7(5-11)9(10)13/h4-5,13H,3H2,1-2H3. The number of hydrogen-bond donors (Lipinski definition) is 1. The molecule has 4 nitrogen and oxygen atoms in total. The molecule has 0 aliphatic heterocycles. The molecule has 0 saturated heterocycles. The largest absolute Gasteiger partial charge is 0.494 e. The first-order valence-electron chi connectivity index (χ1n) is 4.00. The first kappa shape index (κ1) is 9.51. The van der Waals surface area contributed by atoms with Gasteiger partial charge < -0.3 is 5.11 Å². The molecule has 1 N–H and O–H groups in total. The van der Waals surface area contributed by atoms with Crippen LogP contribution in [0.4, 0.5) is 0 Å². The van der Waals surface area contributed by atoms with E-state index < -0.39 is 0 Å². The Hall–Kier alpha value is -1.58. The summed E-state index contributed by atoms with van der Waals surface area (Å²) in [5.41, 5.74) is 0.395. The average molecular weight is 181 g/mol. The lowest BCUT2D eigenvalue weighted by molar-refractivity contribution is 0.111. The lowest BCUT2D eigenvalue weighted by atomic mass is 10.1. The van der Waals surface area contributed by atoms with Gasteiger partial charge in [-0.05, 0) is 19.4 Å². The Morgan fingerprint density at radius 1 is 1.62 bits per heavy atom. The Morgan fingerprint density at radius 2 is 2.23 bits per heavy atom. The fourth-order valence-corrected chi connectivity index (χ4v) is 1.22. The van der Waals surface area contributed by atoms with E-state index in [2.05, 4.69) is 0 Å². The third kappa shape index (κ3) is 1.47. The predicted octanol–water partition coefficient (Wildman–Crippen LogP) is 0.695. The summed E-state index contributed by atoms with van der Waals surface area (Å²) in [6.07, 6.45) is 0.552. The molecule has 0 aromatic carbocycles. The van der Waals surface area contributed by atoms with Crippen LogP contribution in [-0.4, -0.2) is 16.0 Å². The Bertz CT molecular complexity index is 393. The van der Waals surface area contributed by atoms with Crippen molar-refractivity contribution in [3.63, 3.8) is 0 Å². The van der Waals surface area contributed by atoms with E-state index in [1.807, 2.05) is 0 Å². The maximum Gasteiger partial charge on any atom is 0.253 e. The minimum absolute atomic E-state index is 0.182. The molecule has 70 valence electrons. The van der Waals surface area contributed by atoms with Crippen molar-refractivity contribution in [3.05, 3.63) is 27.5 Å². The number of aromatic hydroxyl groups is 1. The average Bonchev–Trinajstić information content (AvgIpc) is 2.04. The molecular weight excluding hydrogens is 170 g/mol. The molecule has 1 heterocycles. The zero-order chi connectivity index (χ0) is 10.0. The monoisotopic (exact) mass is 181 g/mol. The van der Waals surface area contributed by atoms with Crippen LogP contribution in [0.2, 0.25) is 0 Å². The van der Waals surface area contributed by atoms with Crippen LogP contribution in [0.15, 0.2) is 10.9 Å². The summed E-state index contributed by atoms with van der Waals surface area (Å²) in [5.74, 6) is -0.248. The molecule has 0 fully saturated rings. The molecule has 1 aromatic heterocycles. The summed E-state index contributed by atoms with van der Waals surface area (Å²) in [6, 6.07) is 1.34. The number of aryl methyl sites for hydroxylation is 1. The van der Waals surface area contributed by atoms with Gasteiger partial charge in [-0.1, -0.05) is 0 Å². The highest BCUT2D eigenvalue weighted by molar-refractivity contribution is 5.80. The SMILES string of the molecule is CCn1c(O)c(C=O)c(C)cc1=O. The van der Waals surface area contributed by atoms with Gasteiger partial charge in [0, 0.05) is 12.6 Å². The third-order valence-corrected chi connectivity index (χ3v) is 1.96. The van der Waals surface area contributed by atoms with Gasteiger partial charge in [-0.3, -0.25) is 14.2 Å². The van der Waals surface area contributed by atoms with Crippen molar-refractivity contribution in [2.45, 2.75) is 20.4 Å². The van der Waals surface area contributed by atoms with Gasteiger partial charge in [-0.15, -0.1) is 0 Å². The lowest BCUT2D eigenvalue weighted by Crippen LogP contribution is -2.20. The Kier molecular flexibility index (Phi) is 2.51. The summed E-state index contributed by atoms with van der Waals surface area (Å²) in [7, 11) is 0. The van der Waals surface area contributed by atoms with Gasteiger partial charge in [0.25, 0.3) is 5.56 Å². The van der Waals surface area contributed by atoms with Crippen LogP contribution < -0.4 is 5.56 Å². The molecular formula is C9H11NO3. The number of rotatable bonds is 2. The van der Waals surface area contributed by atoms with Crippen molar-refractivity contribution >= 4 is 6.29 Å². The molecule has 13 heavy (non-hydrogen) atoms. The van der Waals surface area contributed by atoms with Crippen LogP contribution in [0.5, 0.6) is 5.88 Å². The van der Waals surface area contributed by atoms with E-state index in [9.17, 15) is 14.7 Å². The molecule has 0 spiro atoms. The van der Waals surface area contributed by atoms with Crippen LogP contribution in [-0.2, 0) is 6.54 Å². The number of aromatic nitrogens is 1. The van der Waals surface area contributed by atoms with Crippen LogP contribution in [0, 0.1) is 6.92 Å². The highest BCUT2D eigenvalue weighted by Gasteiger charge is 2.09. The quantitative estimate of drug-likeness (QED) is 0.683. The first-order chi connectivity index (χ1) is 6.11. The lowest BCUT2D eigenvalue weighted by Gasteiger charge is -2.08. The van der Waals surface area contributed by atoms with Crippen LogP contribution in [0.25, 0.3) is 0 Å². The normalized spacial score (nSPS) is 10.0. The van der Waals surface area contributed by atoms with Gasteiger partial charge in [-0.2, -0.15) is 0 Å². The fraction of sp³-hybridized carbons (Fsp3) is 0.333. The smallest absolute Gasteiger partial charge is 0.253 e. The van der Waals surface area contributed by atoms with Gasteiger partial charge >= 0.3 is 0 Å². The maximum atomic E-state index is 11.2. The second-order valence-corrected chi connectivity index (χ2v) is 2.76. The Labute approximate surface area is 75.4 Å². The van der Waals surface area contributed by atoms with E-state index in [1.54, 1.807) is 13.8 Å². The molecule has 0 aliphatic carbocycles. The van der Waals surface area contributed by atoms with Gasteiger partial charge in [0.15, 0.2) is 6.29 Å². The van der Waals surface area contributed by atoms with Gasteiger partial charge in [0.2, 0.25) is 5.88 Å².